The van der Waals surface area contributed by atoms with Crippen molar-refractivity contribution in [3.05, 3.63) is 54.2 Å². The van der Waals surface area contributed by atoms with Crippen LogP contribution in [0.25, 0.3) is 0 Å². The highest BCUT2D eigenvalue weighted by Gasteiger charge is 2.47. The molecule has 2 aliphatic rings. The van der Waals surface area contributed by atoms with Gasteiger partial charge in [-0.15, -0.1) is 0 Å². The Bertz CT molecular complexity index is 965. The highest BCUT2D eigenvalue weighted by atomic mass is 19.4. The lowest BCUT2D eigenvalue weighted by Gasteiger charge is -2.26. The molecule has 1 N–H and O–H groups in total. The molecular formula is C22H24F3N3O5. The van der Waals surface area contributed by atoms with Gasteiger partial charge >= 0.3 is 12.1 Å². The summed E-state index contributed by atoms with van der Waals surface area (Å²) in [4.78, 5) is 42.4. The Hall–Kier alpha value is -3.37. The van der Waals surface area contributed by atoms with E-state index in [1.54, 1.807) is 24.5 Å². The van der Waals surface area contributed by atoms with Crippen LogP contribution in [0.1, 0.15) is 41.8 Å². The zero-order valence-electron chi connectivity index (χ0n) is 17.8. The van der Waals surface area contributed by atoms with E-state index in [2.05, 4.69) is 4.98 Å². The molecule has 2 amide bonds. The van der Waals surface area contributed by atoms with Crippen LogP contribution in [0.4, 0.5) is 13.2 Å². The van der Waals surface area contributed by atoms with E-state index >= 15 is 0 Å². The van der Waals surface area contributed by atoms with E-state index < -0.39 is 12.1 Å². The van der Waals surface area contributed by atoms with Crippen LogP contribution < -0.4 is 0 Å². The van der Waals surface area contributed by atoms with Gasteiger partial charge in [-0.3, -0.25) is 14.6 Å². The van der Waals surface area contributed by atoms with E-state index in [1.165, 1.54) is 6.26 Å². The zero-order chi connectivity index (χ0) is 24.1. The number of carbonyl (C=O) groups excluding carboxylic acids is 2. The maximum atomic E-state index is 13.1. The van der Waals surface area contributed by atoms with E-state index in [9.17, 15) is 22.8 Å². The highest BCUT2D eigenvalue weighted by Crippen LogP contribution is 2.42. The lowest BCUT2D eigenvalue weighted by molar-refractivity contribution is -0.192. The van der Waals surface area contributed by atoms with E-state index in [-0.39, 0.29) is 17.2 Å². The predicted molar refractivity (Wildman–Crippen MR) is 109 cm³/mol. The Morgan fingerprint density at radius 2 is 1.76 bits per heavy atom. The fraction of sp³-hybridized carbons (Fsp3) is 0.455. The molecule has 2 aliphatic heterocycles. The third-order valence-electron chi connectivity index (χ3n) is 5.93. The van der Waals surface area contributed by atoms with Gasteiger partial charge < -0.3 is 19.3 Å². The summed E-state index contributed by atoms with van der Waals surface area (Å²) in [5.41, 5.74) is 0.791. The van der Waals surface area contributed by atoms with Gasteiger partial charge in [0.15, 0.2) is 5.76 Å². The minimum absolute atomic E-state index is 0.0777. The molecule has 178 valence electrons. The summed E-state index contributed by atoms with van der Waals surface area (Å²) in [7, 11) is 0. The number of hydrogen-bond acceptors (Lipinski definition) is 5. The number of alkyl halides is 3. The maximum absolute atomic E-state index is 13.1. The van der Waals surface area contributed by atoms with Crippen molar-refractivity contribution in [3.8, 4) is 0 Å². The van der Waals surface area contributed by atoms with Crippen molar-refractivity contribution in [2.24, 2.45) is 5.41 Å². The summed E-state index contributed by atoms with van der Waals surface area (Å²) in [6, 6.07) is 7.33. The number of halogens is 3. The van der Waals surface area contributed by atoms with E-state index in [0.29, 0.717) is 25.4 Å². The minimum Gasteiger partial charge on any atom is -0.475 e. The number of amides is 2. The molecule has 4 rings (SSSR count). The molecule has 2 aromatic rings. The number of carboxylic acids is 1. The van der Waals surface area contributed by atoms with Crippen molar-refractivity contribution in [1.29, 1.82) is 0 Å². The SMILES string of the molecule is O=C(O)C(F)(F)F.O=C(c1ccco1)N1CCCC2(CC1)CCN(Cc1ccncc1)C2=O. The first-order valence-corrected chi connectivity index (χ1v) is 10.4. The van der Waals surface area contributed by atoms with E-state index in [0.717, 1.165) is 37.8 Å². The van der Waals surface area contributed by atoms with Gasteiger partial charge in [0.1, 0.15) is 0 Å². The van der Waals surface area contributed by atoms with Gasteiger partial charge in [0, 0.05) is 38.6 Å². The first-order valence-electron chi connectivity index (χ1n) is 10.4. The molecule has 0 bridgehead atoms. The van der Waals surface area contributed by atoms with E-state index in [1.807, 2.05) is 21.9 Å². The lowest BCUT2D eigenvalue weighted by atomic mass is 9.79. The molecule has 2 saturated heterocycles. The Balaban J connectivity index is 0.000000383. The fourth-order valence-corrected chi connectivity index (χ4v) is 4.17. The molecule has 0 aliphatic carbocycles. The number of hydrogen-bond donors (Lipinski definition) is 1. The lowest BCUT2D eigenvalue weighted by Crippen LogP contribution is -2.36. The van der Waals surface area contributed by atoms with Gasteiger partial charge in [0.05, 0.1) is 11.7 Å². The second kappa shape index (κ2) is 10.1. The summed E-state index contributed by atoms with van der Waals surface area (Å²) in [5.74, 6) is -2.22. The number of carbonyl (C=O) groups is 3. The molecule has 2 aromatic heterocycles. The molecule has 0 radical (unpaired) electrons. The van der Waals surface area contributed by atoms with Crippen LogP contribution in [0.5, 0.6) is 0 Å². The van der Waals surface area contributed by atoms with Crippen LogP contribution in [0, 0.1) is 5.41 Å². The molecule has 0 saturated carbocycles. The molecule has 8 nitrogen and oxygen atoms in total. The van der Waals surface area contributed by atoms with Gasteiger partial charge in [0.2, 0.25) is 5.91 Å². The second-order valence-electron chi connectivity index (χ2n) is 8.04. The molecular weight excluding hydrogens is 443 g/mol. The Kier molecular flexibility index (Phi) is 7.39. The third kappa shape index (κ3) is 5.91. The van der Waals surface area contributed by atoms with Crippen LogP contribution >= 0.6 is 0 Å². The minimum atomic E-state index is -5.08. The van der Waals surface area contributed by atoms with Gasteiger partial charge in [-0.2, -0.15) is 13.2 Å². The summed E-state index contributed by atoms with van der Waals surface area (Å²) < 4.78 is 37.0. The molecule has 11 heteroatoms. The van der Waals surface area contributed by atoms with Gasteiger partial charge in [0.25, 0.3) is 5.91 Å². The largest absolute Gasteiger partial charge is 0.490 e. The zero-order valence-corrected chi connectivity index (χ0v) is 17.8. The van der Waals surface area contributed by atoms with Crippen LogP contribution in [0.2, 0.25) is 0 Å². The van der Waals surface area contributed by atoms with Crippen molar-refractivity contribution in [3.63, 3.8) is 0 Å². The van der Waals surface area contributed by atoms with Gasteiger partial charge in [-0.1, -0.05) is 0 Å². The number of pyridine rings is 1. The van der Waals surface area contributed by atoms with Gasteiger partial charge in [-0.25, -0.2) is 4.79 Å². The van der Waals surface area contributed by atoms with Crippen molar-refractivity contribution in [2.45, 2.75) is 38.4 Å². The molecule has 4 heterocycles. The number of furan rings is 1. The summed E-state index contributed by atoms with van der Waals surface area (Å²) in [6.07, 6.45) is 3.25. The number of aromatic nitrogens is 1. The summed E-state index contributed by atoms with van der Waals surface area (Å²) in [6.45, 7) is 2.71. The first kappa shape index (κ1) is 24.3. The van der Waals surface area contributed by atoms with Crippen molar-refractivity contribution in [2.75, 3.05) is 19.6 Å². The normalized spacial score (nSPS) is 20.9. The number of carboxylic acid groups (broad SMARTS) is 1. The Morgan fingerprint density at radius 3 is 2.36 bits per heavy atom. The average Bonchev–Trinajstić information content (AvgIpc) is 3.35. The van der Waals surface area contributed by atoms with Crippen molar-refractivity contribution in [1.82, 2.24) is 14.8 Å². The van der Waals surface area contributed by atoms with E-state index in [4.69, 9.17) is 14.3 Å². The molecule has 33 heavy (non-hydrogen) atoms. The predicted octanol–water partition coefficient (Wildman–Crippen LogP) is 3.35. The van der Waals surface area contributed by atoms with Crippen molar-refractivity contribution >= 4 is 17.8 Å². The van der Waals surface area contributed by atoms with Gasteiger partial charge in [-0.05, 0) is 55.5 Å². The average molecular weight is 467 g/mol. The quantitative estimate of drug-likeness (QED) is 0.743. The first-order chi connectivity index (χ1) is 15.6. The number of nitrogens with zero attached hydrogens (tertiary/aromatic N) is 3. The Labute approximate surface area is 188 Å². The molecule has 0 aromatic carbocycles. The molecule has 1 unspecified atom stereocenters. The third-order valence-corrected chi connectivity index (χ3v) is 5.93. The second-order valence-corrected chi connectivity index (χ2v) is 8.04. The summed E-state index contributed by atoms with van der Waals surface area (Å²) >= 11 is 0. The van der Waals surface area contributed by atoms with Crippen LogP contribution in [0.3, 0.4) is 0 Å². The van der Waals surface area contributed by atoms with Crippen LogP contribution in [0.15, 0.2) is 47.3 Å². The Morgan fingerprint density at radius 1 is 1.09 bits per heavy atom. The molecule has 2 fully saturated rings. The van der Waals surface area contributed by atoms with Crippen LogP contribution in [-0.4, -0.2) is 63.5 Å². The number of aliphatic carboxylic acids is 1. The van der Waals surface area contributed by atoms with Crippen LogP contribution in [-0.2, 0) is 16.1 Å². The maximum Gasteiger partial charge on any atom is 0.490 e. The smallest absolute Gasteiger partial charge is 0.475 e. The monoisotopic (exact) mass is 467 g/mol. The summed E-state index contributed by atoms with van der Waals surface area (Å²) in [5, 5.41) is 7.12. The number of rotatable bonds is 3. The molecule has 1 atom stereocenters. The highest BCUT2D eigenvalue weighted by molar-refractivity contribution is 5.91. The standard InChI is InChI=1S/C20H23N3O3.C2HF3O2/c24-18(17-3-1-14-26-17)22-11-2-6-20(7-12-22)8-13-23(19(20)25)15-16-4-9-21-10-5-16;3-2(4,5)1(6)7/h1,3-5,9-10,14H,2,6-8,11-13,15H2;(H,6,7). The number of likely N-dealkylation sites (tertiary alicyclic amines) is 2. The topological polar surface area (TPSA) is 104 Å². The van der Waals surface area contributed by atoms with Crippen molar-refractivity contribution < 1.29 is 37.1 Å². The molecule has 1 spiro atoms. The fourth-order valence-electron chi connectivity index (χ4n) is 4.17.